The quantitative estimate of drug-likeness (QED) is 0.544. The highest BCUT2D eigenvalue weighted by atomic mass is 35.5. The smallest absolute Gasteiger partial charge is 0.370 e. The average Bonchev–Trinajstić information content (AvgIpc) is 2.84. The second-order valence-corrected chi connectivity index (χ2v) is 7.36. The largest absolute Gasteiger partial charge is 0.417 e. The monoisotopic (exact) mass is 405 g/mol. The first-order valence-corrected chi connectivity index (χ1v) is 9.53. The van der Waals surface area contributed by atoms with Gasteiger partial charge in [-0.15, -0.1) is 0 Å². The minimum atomic E-state index is -4.45. The van der Waals surface area contributed by atoms with E-state index in [1.807, 2.05) is 19.1 Å². The van der Waals surface area contributed by atoms with Crippen LogP contribution in [0.15, 0.2) is 42.5 Å². The summed E-state index contributed by atoms with van der Waals surface area (Å²) >= 11 is 6.28. The zero-order valence-electron chi connectivity index (χ0n) is 15.3. The lowest BCUT2D eigenvalue weighted by atomic mass is 9.99. The van der Waals surface area contributed by atoms with Crippen LogP contribution in [0.4, 0.5) is 19.0 Å². The van der Waals surface area contributed by atoms with Crippen molar-refractivity contribution in [2.24, 2.45) is 0 Å². The van der Waals surface area contributed by atoms with E-state index >= 15 is 0 Å². The van der Waals surface area contributed by atoms with Gasteiger partial charge in [-0.1, -0.05) is 35.9 Å². The van der Waals surface area contributed by atoms with E-state index in [4.69, 9.17) is 11.6 Å². The SMILES string of the molecule is Cc1ccc(-n2nc(-c3ccccc3C(F)(F)F)c3c2NCCCC3)cc1Cl. The Balaban J connectivity index is 1.95. The molecule has 0 bridgehead atoms. The molecule has 0 saturated heterocycles. The van der Waals surface area contributed by atoms with Crippen molar-refractivity contribution in [3.05, 3.63) is 64.2 Å². The van der Waals surface area contributed by atoms with Gasteiger partial charge in [0.25, 0.3) is 0 Å². The van der Waals surface area contributed by atoms with Crippen LogP contribution < -0.4 is 5.32 Å². The van der Waals surface area contributed by atoms with Crippen LogP contribution in [-0.2, 0) is 12.6 Å². The Morgan fingerprint density at radius 1 is 1.11 bits per heavy atom. The van der Waals surface area contributed by atoms with E-state index in [9.17, 15) is 13.2 Å². The number of halogens is 4. The van der Waals surface area contributed by atoms with Gasteiger partial charge in [0.05, 0.1) is 16.9 Å². The van der Waals surface area contributed by atoms with Gasteiger partial charge in [0, 0.05) is 22.7 Å². The topological polar surface area (TPSA) is 29.9 Å². The second kappa shape index (κ2) is 7.17. The molecule has 2 aromatic carbocycles. The molecule has 1 aliphatic rings. The van der Waals surface area contributed by atoms with E-state index in [2.05, 4.69) is 10.4 Å². The van der Waals surface area contributed by atoms with E-state index in [1.165, 1.54) is 12.1 Å². The third-order valence-electron chi connectivity index (χ3n) is 5.02. The lowest BCUT2D eigenvalue weighted by molar-refractivity contribution is -0.137. The number of nitrogens with one attached hydrogen (secondary N) is 1. The third-order valence-corrected chi connectivity index (χ3v) is 5.42. The number of fused-ring (bicyclic) bond motifs is 1. The Kier molecular flexibility index (Phi) is 4.83. The van der Waals surface area contributed by atoms with Crippen LogP contribution in [0.1, 0.15) is 29.5 Å². The van der Waals surface area contributed by atoms with Crippen LogP contribution in [0.2, 0.25) is 5.02 Å². The average molecular weight is 406 g/mol. The van der Waals surface area contributed by atoms with Crippen molar-refractivity contribution < 1.29 is 13.2 Å². The number of aromatic nitrogens is 2. The molecule has 0 fully saturated rings. The highest BCUT2D eigenvalue weighted by Gasteiger charge is 2.35. The van der Waals surface area contributed by atoms with Crippen molar-refractivity contribution in [3.8, 4) is 16.9 Å². The van der Waals surface area contributed by atoms with Crippen LogP contribution in [0.25, 0.3) is 16.9 Å². The molecule has 0 saturated carbocycles. The van der Waals surface area contributed by atoms with E-state index in [0.717, 1.165) is 48.1 Å². The predicted molar refractivity (Wildman–Crippen MR) is 105 cm³/mol. The molecule has 0 atom stereocenters. The van der Waals surface area contributed by atoms with Crippen LogP contribution in [0.3, 0.4) is 0 Å². The molecule has 0 spiro atoms. The maximum Gasteiger partial charge on any atom is 0.417 e. The summed E-state index contributed by atoms with van der Waals surface area (Å²) in [4.78, 5) is 0. The zero-order valence-corrected chi connectivity index (χ0v) is 16.0. The molecule has 1 aromatic heterocycles. The normalized spacial score (nSPS) is 14.3. The Morgan fingerprint density at radius 3 is 2.64 bits per heavy atom. The van der Waals surface area contributed by atoms with Crippen molar-refractivity contribution in [1.82, 2.24) is 9.78 Å². The molecule has 0 amide bonds. The van der Waals surface area contributed by atoms with Crippen molar-refractivity contribution in [2.45, 2.75) is 32.4 Å². The van der Waals surface area contributed by atoms with Gasteiger partial charge in [-0.05, 0) is 49.9 Å². The molecule has 1 N–H and O–H groups in total. The molecule has 0 unspecified atom stereocenters. The fraction of sp³-hybridized carbons (Fsp3) is 0.286. The van der Waals surface area contributed by atoms with Gasteiger partial charge in [-0.25, -0.2) is 4.68 Å². The molecular weight excluding hydrogens is 387 g/mol. The van der Waals surface area contributed by atoms with Crippen LogP contribution in [0.5, 0.6) is 0 Å². The Bertz CT molecular complexity index is 1020. The maximum absolute atomic E-state index is 13.6. The van der Waals surface area contributed by atoms with E-state index in [1.54, 1.807) is 16.8 Å². The highest BCUT2D eigenvalue weighted by molar-refractivity contribution is 6.31. The number of alkyl halides is 3. The van der Waals surface area contributed by atoms with Gasteiger partial charge < -0.3 is 5.32 Å². The van der Waals surface area contributed by atoms with Crippen molar-refractivity contribution in [1.29, 1.82) is 0 Å². The number of anilines is 1. The fourth-order valence-corrected chi connectivity index (χ4v) is 3.73. The fourth-order valence-electron chi connectivity index (χ4n) is 3.56. The summed E-state index contributed by atoms with van der Waals surface area (Å²) in [5.41, 5.74) is 2.26. The first-order chi connectivity index (χ1) is 13.4. The first kappa shape index (κ1) is 18.9. The minimum absolute atomic E-state index is 0.104. The standard InChI is InChI=1S/C21H19ClF3N3/c1-13-9-10-14(12-18(13)22)28-20-16(7-4-5-11-26-20)19(27-28)15-6-2-3-8-17(15)21(23,24)25/h2-3,6,8-10,12,26H,4-5,7,11H2,1H3. The van der Waals surface area contributed by atoms with E-state index in [-0.39, 0.29) is 5.56 Å². The molecule has 1 aliphatic heterocycles. The molecule has 3 aromatic rings. The van der Waals surface area contributed by atoms with Gasteiger partial charge in [-0.3, -0.25) is 0 Å². The Labute approximate surface area is 166 Å². The number of benzene rings is 2. The maximum atomic E-state index is 13.6. The van der Waals surface area contributed by atoms with Gasteiger partial charge in [-0.2, -0.15) is 18.3 Å². The summed E-state index contributed by atoms with van der Waals surface area (Å²) in [6, 6.07) is 11.2. The predicted octanol–water partition coefficient (Wildman–Crippen LogP) is 6.27. The summed E-state index contributed by atoms with van der Waals surface area (Å²) in [5.74, 6) is 0.740. The van der Waals surface area contributed by atoms with Gasteiger partial charge in [0.15, 0.2) is 0 Å². The van der Waals surface area contributed by atoms with Crippen LogP contribution in [0, 0.1) is 6.92 Å². The van der Waals surface area contributed by atoms with Gasteiger partial charge >= 0.3 is 6.18 Å². The number of hydrogen-bond donors (Lipinski definition) is 1. The Hall–Kier alpha value is -2.47. The zero-order chi connectivity index (χ0) is 19.9. The number of hydrogen-bond acceptors (Lipinski definition) is 2. The van der Waals surface area contributed by atoms with Gasteiger partial charge in [0.1, 0.15) is 5.82 Å². The molecule has 2 heterocycles. The summed E-state index contributed by atoms with van der Waals surface area (Å²) in [6.07, 6.45) is -1.94. The molecule has 0 aliphatic carbocycles. The van der Waals surface area contributed by atoms with Crippen molar-refractivity contribution >= 4 is 17.4 Å². The number of nitrogens with zero attached hydrogens (tertiary/aromatic N) is 2. The number of rotatable bonds is 2. The van der Waals surface area contributed by atoms with Crippen molar-refractivity contribution in [3.63, 3.8) is 0 Å². The summed E-state index contributed by atoms with van der Waals surface area (Å²) in [6.45, 7) is 2.65. The second-order valence-electron chi connectivity index (χ2n) is 6.95. The molecule has 4 rings (SSSR count). The summed E-state index contributed by atoms with van der Waals surface area (Å²) in [5, 5.41) is 8.56. The summed E-state index contributed by atoms with van der Waals surface area (Å²) < 4.78 is 42.5. The summed E-state index contributed by atoms with van der Waals surface area (Å²) in [7, 11) is 0. The van der Waals surface area contributed by atoms with E-state index < -0.39 is 11.7 Å². The molecule has 0 radical (unpaired) electrons. The lowest BCUT2D eigenvalue weighted by Crippen LogP contribution is -2.08. The number of aryl methyl sites for hydroxylation is 1. The molecule has 28 heavy (non-hydrogen) atoms. The van der Waals surface area contributed by atoms with Crippen LogP contribution in [-0.4, -0.2) is 16.3 Å². The first-order valence-electron chi connectivity index (χ1n) is 9.15. The van der Waals surface area contributed by atoms with Gasteiger partial charge in [0.2, 0.25) is 0 Å². The minimum Gasteiger partial charge on any atom is -0.370 e. The lowest BCUT2D eigenvalue weighted by Gasteiger charge is -2.12. The van der Waals surface area contributed by atoms with Crippen LogP contribution >= 0.6 is 11.6 Å². The van der Waals surface area contributed by atoms with Crippen molar-refractivity contribution in [2.75, 3.05) is 11.9 Å². The molecular formula is C21H19ClF3N3. The molecule has 3 nitrogen and oxygen atoms in total. The van der Waals surface area contributed by atoms with E-state index in [0.29, 0.717) is 17.1 Å². The highest BCUT2D eigenvalue weighted by Crippen LogP contribution is 2.41. The Morgan fingerprint density at radius 2 is 1.89 bits per heavy atom. The molecule has 146 valence electrons. The third kappa shape index (κ3) is 3.37. The molecule has 7 heteroatoms.